The minimum atomic E-state index is -1.83. The van der Waals surface area contributed by atoms with Gasteiger partial charge in [-0.15, -0.1) is 18.5 Å². The summed E-state index contributed by atoms with van der Waals surface area (Å²) in [4.78, 5) is 12.9. The summed E-state index contributed by atoms with van der Waals surface area (Å²) in [5, 5.41) is 21.0. The van der Waals surface area contributed by atoms with Gasteiger partial charge < -0.3 is 4.74 Å². The van der Waals surface area contributed by atoms with Crippen molar-refractivity contribution in [3.8, 4) is 34.5 Å². The fourth-order valence-electron chi connectivity index (χ4n) is 5.87. The van der Waals surface area contributed by atoms with Gasteiger partial charge in [0.15, 0.2) is 0 Å². The van der Waals surface area contributed by atoms with Crippen LogP contribution in [0.3, 0.4) is 0 Å². The Bertz CT molecular complexity index is 2220. The summed E-state index contributed by atoms with van der Waals surface area (Å²) in [6.45, 7) is 0. The molecule has 238 valence electrons. The highest BCUT2D eigenvalue weighted by molar-refractivity contribution is 7.98. The molecule has 5 aromatic rings. The molecule has 0 amide bonds. The van der Waals surface area contributed by atoms with E-state index in [1.807, 2.05) is 28.2 Å². The number of allylic oxidation sites excluding steroid dienone is 3. The number of esters is 1. The maximum atomic E-state index is 15.6. The standard InChI is InChI=1S/C37H26F3N3O2P2S/c1-45-36(44)25-15-29(39)33(30(40)16-25)21-4-2-5-22(14-21)35-34(32-23(18-41)6-3-7-24(32)19-42)28-17-26(38)10-13-31(28)43(35)48-27-11-8-20(9-12-27)37(46)47/h2-15,17,30,37H,16,46-47H2,1H3. The van der Waals surface area contributed by atoms with Gasteiger partial charge in [0.25, 0.3) is 0 Å². The summed E-state index contributed by atoms with van der Waals surface area (Å²) < 4.78 is 52.7. The topological polar surface area (TPSA) is 78.8 Å². The SMILES string of the molecule is COC(=O)C1=CC(F)=C(c2cccc(-c3c(-c4c(C#N)cccc4C#N)c4cc(F)ccc4n3Sc3ccc(C(P)P)cc3)c2)C(F)C1. The first-order chi connectivity index (χ1) is 23.1. The van der Waals surface area contributed by atoms with Gasteiger partial charge in [0.05, 0.1) is 41.6 Å². The van der Waals surface area contributed by atoms with Gasteiger partial charge in [-0.2, -0.15) is 10.5 Å². The number of aromatic nitrogens is 1. The lowest BCUT2D eigenvalue weighted by molar-refractivity contribution is -0.136. The Morgan fingerprint density at radius 3 is 2.23 bits per heavy atom. The van der Waals surface area contributed by atoms with Crippen LogP contribution in [-0.4, -0.2) is 23.2 Å². The van der Waals surface area contributed by atoms with Crippen LogP contribution in [0.25, 0.3) is 38.9 Å². The number of hydrogen-bond donors (Lipinski definition) is 0. The van der Waals surface area contributed by atoms with Crippen LogP contribution in [0.2, 0.25) is 0 Å². The molecule has 1 heterocycles. The average molecular weight is 696 g/mol. The third-order valence-corrected chi connectivity index (χ3v) is 9.88. The number of methoxy groups -OCH3 is 1. The Labute approximate surface area is 284 Å². The van der Waals surface area contributed by atoms with Crippen molar-refractivity contribution in [1.29, 1.82) is 10.5 Å². The molecule has 48 heavy (non-hydrogen) atoms. The zero-order valence-corrected chi connectivity index (χ0v) is 28.5. The first-order valence-corrected chi connectivity index (χ1v) is 16.8. The van der Waals surface area contributed by atoms with Crippen molar-refractivity contribution in [2.45, 2.75) is 22.9 Å². The zero-order chi connectivity index (χ0) is 34.1. The van der Waals surface area contributed by atoms with Crippen molar-refractivity contribution in [2.75, 3.05) is 7.11 Å². The smallest absolute Gasteiger partial charge is 0.333 e. The van der Waals surface area contributed by atoms with E-state index in [2.05, 4.69) is 35.4 Å². The number of carbonyl (C=O) groups is 1. The van der Waals surface area contributed by atoms with Crippen LogP contribution >= 0.6 is 30.4 Å². The third-order valence-electron chi connectivity index (χ3n) is 8.07. The van der Waals surface area contributed by atoms with Gasteiger partial charge in [0, 0.05) is 49.9 Å². The van der Waals surface area contributed by atoms with Crippen LogP contribution in [-0.2, 0) is 9.53 Å². The number of fused-ring (bicyclic) bond motifs is 1. The molecule has 0 saturated heterocycles. The van der Waals surface area contributed by atoms with Crippen molar-refractivity contribution in [3.63, 3.8) is 0 Å². The lowest BCUT2D eigenvalue weighted by atomic mass is 9.88. The number of ether oxygens (including phenoxy) is 1. The normalized spacial score (nSPS) is 14.5. The summed E-state index contributed by atoms with van der Waals surface area (Å²) in [6, 6.07) is 28.0. The van der Waals surface area contributed by atoms with Gasteiger partial charge in [-0.1, -0.05) is 36.4 Å². The van der Waals surface area contributed by atoms with E-state index in [0.717, 1.165) is 23.6 Å². The van der Waals surface area contributed by atoms with Crippen LogP contribution in [0, 0.1) is 28.5 Å². The van der Waals surface area contributed by atoms with Gasteiger partial charge >= 0.3 is 5.97 Å². The number of nitriles is 2. The van der Waals surface area contributed by atoms with Crippen molar-refractivity contribution < 1.29 is 22.7 Å². The Hall–Kier alpha value is -4.65. The highest BCUT2D eigenvalue weighted by Gasteiger charge is 2.30. The maximum Gasteiger partial charge on any atom is 0.333 e. The number of nitrogens with zero attached hydrogens (tertiary/aromatic N) is 3. The monoisotopic (exact) mass is 695 g/mol. The maximum absolute atomic E-state index is 15.6. The second-order valence-corrected chi connectivity index (χ2v) is 14.2. The van der Waals surface area contributed by atoms with Crippen LogP contribution in [0.5, 0.6) is 0 Å². The van der Waals surface area contributed by atoms with E-state index in [4.69, 9.17) is 0 Å². The summed E-state index contributed by atoms with van der Waals surface area (Å²) in [6.07, 6.45) is -1.19. The Morgan fingerprint density at radius 1 is 0.938 bits per heavy atom. The largest absolute Gasteiger partial charge is 0.466 e. The molecule has 6 rings (SSSR count). The lowest BCUT2D eigenvalue weighted by Gasteiger charge is -2.20. The summed E-state index contributed by atoms with van der Waals surface area (Å²) in [5.74, 6) is -2.22. The molecule has 5 nitrogen and oxygen atoms in total. The van der Waals surface area contributed by atoms with E-state index in [-0.39, 0.29) is 39.7 Å². The summed E-state index contributed by atoms with van der Waals surface area (Å²) >= 11 is 1.35. The Kier molecular flexibility index (Phi) is 9.58. The fourth-order valence-corrected chi connectivity index (χ4v) is 7.33. The molecule has 0 N–H and O–H groups in total. The van der Waals surface area contributed by atoms with E-state index in [0.29, 0.717) is 33.3 Å². The number of alkyl halides is 1. The van der Waals surface area contributed by atoms with E-state index in [1.54, 1.807) is 48.5 Å². The lowest BCUT2D eigenvalue weighted by Crippen LogP contribution is -2.17. The van der Waals surface area contributed by atoms with Crippen LogP contribution in [0.1, 0.15) is 34.1 Å². The molecule has 0 spiro atoms. The number of rotatable bonds is 7. The third kappa shape index (κ3) is 6.18. The first kappa shape index (κ1) is 33.3. The van der Waals surface area contributed by atoms with Crippen molar-refractivity contribution in [2.24, 2.45) is 0 Å². The van der Waals surface area contributed by atoms with Crippen LogP contribution in [0.4, 0.5) is 13.2 Å². The van der Waals surface area contributed by atoms with E-state index in [9.17, 15) is 15.3 Å². The van der Waals surface area contributed by atoms with Crippen molar-refractivity contribution in [3.05, 3.63) is 130 Å². The first-order valence-electron chi connectivity index (χ1n) is 14.7. The molecular formula is C37H26F3N3O2P2S. The quantitative estimate of drug-likeness (QED) is 0.125. The molecular weight excluding hydrogens is 669 g/mol. The van der Waals surface area contributed by atoms with E-state index in [1.165, 1.54) is 24.1 Å². The minimum Gasteiger partial charge on any atom is -0.466 e. The van der Waals surface area contributed by atoms with Crippen LogP contribution < -0.4 is 0 Å². The molecule has 11 heteroatoms. The molecule has 0 bridgehead atoms. The zero-order valence-electron chi connectivity index (χ0n) is 25.4. The summed E-state index contributed by atoms with van der Waals surface area (Å²) in [5.41, 5.74) is 3.76. The predicted molar refractivity (Wildman–Crippen MR) is 190 cm³/mol. The second-order valence-electron chi connectivity index (χ2n) is 11.0. The molecule has 3 atom stereocenters. The average Bonchev–Trinajstić information content (AvgIpc) is 3.39. The number of halogens is 3. The van der Waals surface area contributed by atoms with E-state index < -0.39 is 23.8 Å². The molecule has 0 saturated carbocycles. The highest BCUT2D eigenvalue weighted by Crippen LogP contribution is 2.47. The van der Waals surface area contributed by atoms with E-state index >= 15 is 13.2 Å². The number of benzene rings is 4. The molecule has 0 radical (unpaired) electrons. The molecule has 0 fully saturated rings. The number of carbonyl (C=O) groups excluding carboxylic acids is 1. The molecule has 1 aliphatic rings. The van der Waals surface area contributed by atoms with Gasteiger partial charge in [0.2, 0.25) is 0 Å². The van der Waals surface area contributed by atoms with Crippen molar-refractivity contribution in [1.82, 2.24) is 3.97 Å². The molecule has 1 aromatic heterocycles. The Balaban J connectivity index is 1.66. The molecule has 1 aliphatic carbocycles. The number of hydrogen-bond acceptors (Lipinski definition) is 5. The minimum absolute atomic E-state index is 0.110. The molecule has 4 aromatic carbocycles. The summed E-state index contributed by atoms with van der Waals surface area (Å²) in [7, 11) is 6.60. The molecule has 3 unspecified atom stereocenters. The van der Waals surface area contributed by atoms with Gasteiger partial charge in [-0.3, -0.25) is 3.97 Å². The van der Waals surface area contributed by atoms with Crippen molar-refractivity contribution >= 4 is 52.9 Å². The van der Waals surface area contributed by atoms with Gasteiger partial charge in [-0.05, 0) is 77.7 Å². The highest BCUT2D eigenvalue weighted by atomic mass is 32.2. The second kappa shape index (κ2) is 13.8. The van der Waals surface area contributed by atoms with Crippen LogP contribution in [0.15, 0.2) is 107 Å². The molecule has 0 aliphatic heterocycles. The Morgan fingerprint density at radius 2 is 1.60 bits per heavy atom. The predicted octanol–water partition coefficient (Wildman–Crippen LogP) is 9.68. The fraction of sp³-hybridized carbons (Fsp3) is 0.108. The van der Waals surface area contributed by atoms with Gasteiger partial charge in [-0.25, -0.2) is 18.0 Å². The van der Waals surface area contributed by atoms with Gasteiger partial charge in [0.1, 0.15) is 17.8 Å².